The fourth-order valence-corrected chi connectivity index (χ4v) is 1.50. The van der Waals surface area contributed by atoms with Crippen molar-refractivity contribution in [2.45, 2.75) is 6.92 Å². The number of rotatable bonds is 3. The van der Waals surface area contributed by atoms with Gasteiger partial charge in [-0.15, -0.1) is 0 Å². The number of nitrogens with zero attached hydrogens (tertiary/aromatic N) is 1. The molecule has 0 unspecified atom stereocenters. The number of non-ortho nitro benzene ring substituents is 1. The van der Waals surface area contributed by atoms with Crippen molar-refractivity contribution in [1.82, 2.24) is 0 Å². The molecule has 6 nitrogen and oxygen atoms in total. The van der Waals surface area contributed by atoms with Gasteiger partial charge < -0.3 is 4.18 Å². The van der Waals surface area contributed by atoms with Crippen molar-refractivity contribution >= 4 is 15.8 Å². The molecule has 0 fully saturated rings. The van der Waals surface area contributed by atoms with Gasteiger partial charge in [-0.25, -0.2) is 0 Å². The van der Waals surface area contributed by atoms with Crippen LogP contribution in [-0.4, -0.2) is 19.6 Å². The highest BCUT2D eigenvalue weighted by Gasteiger charge is 2.11. The first-order valence-electron chi connectivity index (χ1n) is 3.93. The van der Waals surface area contributed by atoms with E-state index in [0.29, 0.717) is 5.56 Å². The summed E-state index contributed by atoms with van der Waals surface area (Å²) in [6.07, 6.45) is 0.876. The maximum atomic E-state index is 10.8. The lowest BCUT2D eigenvalue weighted by Gasteiger charge is -2.03. The highest BCUT2D eigenvalue weighted by molar-refractivity contribution is 7.86. The molecule has 0 bridgehead atoms. The van der Waals surface area contributed by atoms with Gasteiger partial charge in [0.05, 0.1) is 17.2 Å². The van der Waals surface area contributed by atoms with Crippen molar-refractivity contribution < 1.29 is 17.5 Å². The lowest BCUT2D eigenvalue weighted by atomic mass is 10.2. The van der Waals surface area contributed by atoms with E-state index in [-0.39, 0.29) is 11.4 Å². The molecule has 0 aromatic heterocycles. The molecule has 1 aromatic rings. The molecule has 0 amide bonds. The van der Waals surface area contributed by atoms with Crippen molar-refractivity contribution in [2.24, 2.45) is 0 Å². The number of benzene rings is 1. The van der Waals surface area contributed by atoms with E-state index in [1.807, 2.05) is 0 Å². The summed E-state index contributed by atoms with van der Waals surface area (Å²) < 4.78 is 26.1. The van der Waals surface area contributed by atoms with Gasteiger partial charge >= 0.3 is 10.1 Å². The summed E-state index contributed by atoms with van der Waals surface area (Å²) in [5.74, 6) is -0.0517. The Morgan fingerprint density at radius 2 is 1.93 bits per heavy atom. The van der Waals surface area contributed by atoms with E-state index in [4.69, 9.17) is 0 Å². The van der Waals surface area contributed by atoms with Crippen LogP contribution in [0.1, 0.15) is 5.56 Å². The maximum Gasteiger partial charge on any atom is 0.306 e. The Morgan fingerprint density at radius 3 is 2.40 bits per heavy atom. The van der Waals surface area contributed by atoms with Crippen LogP contribution in [0.3, 0.4) is 0 Å². The Morgan fingerprint density at radius 1 is 1.33 bits per heavy atom. The topological polar surface area (TPSA) is 86.5 Å². The van der Waals surface area contributed by atoms with Gasteiger partial charge in [-0.1, -0.05) is 0 Å². The van der Waals surface area contributed by atoms with Gasteiger partial charge in [0, 0.05) is 6.07 Å². The third kappa shape index (κ3) is 3.55. The molecule has 0 aliphatic heterocycles. The minimum Gasteiger partial charge on any atom is -0.382 e. The summed E-state index contributed by atoms with van der Waals surface area (Å²) in [7, 11) is -3.66. The summed E-state index contributed by atoms with van der Waals surface area (Å²) in [5.41, 5.74) is 0.358. The number of hydrogen-bond donors (Lipinski definition) is 0. The zero-order valence-electron chi connectivity index (χ0n) is 8.13. The van der Waals surface area contributed by atoms with Gasteiger partial charge in [-0.3, -0.25) is 10.1 Å². The van der Waals surface area contributed by atoms with Crippen molar-refractivity contribution in [1.29, 1.82) is 0 Å². The molecule has 82 valence electrons. The molecular weight excluding hydrogens is 222 g/mol. The third-order valence-electron chi connectivity index (χ3n) is 1.49. The minimum atomic E-state index is -3.66. The molecule has 0 atom stereocenters. The summed E-state index contributed by atoms with van der Waals surface area (Å²) in [5, 5.41) is 10.5. The van der Waals surface area contributed by atoms with Crippen molar-refractivity contribution in [2.75, 3.05) is 6.26 Å². The molecule has 0 saturated heterocycles. The van der Waals surface area contributed by atoms with Crippen molar-refractivity contribution in [3.8, 4) is 5.75 Å². The summed E-state index contributed by atoms with van der Waals surface area (Å²) in [4.78, 5) is 9.86. The zero-order chi connectivity index (χ0) is 11.6. The van der Waals surface area contributed by atoms with Gasteiger partial charge in [0.1, 0.15) is 5.75 Å². The smallest absolute Gasteiger partial charge is 0.306 e. The molecule has 7 heteroatoms. The molecule has 1 aromatic carbocycles. The molecule has 0 N–H and O–H groups in total. The predicted octanol–water partition coefficient (Wildman–Crippen LogP) is 1.24. The minimum absolute atomic E-state index is 0.0517. The quantitative estimate of drug-likeness (QED) is 0.443. The van der Waals surface area contributed by atoms with Crippen LogP contribution in [0.15, 0.2) is 18.2 Å². The Bertz CT molecular complexity index is 494. The second-order valence-electron chi connectivity index (χ2n) is 3.05. The second kappa shape index (κ2) is 3.85. The number of hydrogen-bond acceptors (Lipinski definition) is 5. The van der Waals surface area contributed by atoms with Gasteiger partial charge in [-0.2, -0.15) is 8.42 Å². The fourth-order valence-electron chi connectivity index (χ4n) is 1.06. The van der Waals surface area contributed by atoms with Crippen molar-refractivity contribution in [3.63, 3.8) is 0 Å². The van der Waals surface area contributed by atoms with Crippen LogP contribution in [0, 0.1) is 17.0 Å². The molecule has 0 aliphatic rings. The Hall–Kier alpha value is -1.63. The maximum absolute atomic E-state index is 10.8. The third-order valence-corrected chi connectivity index (χ3v) is 1.99. The van der Waals surface area contributed by atoms with Gasteiger partial charge in [-0.05, 0) is 18.6 Å². The van der Waals surface area contributed by atoms with Gasteiger partial charge in [0.25, 0.3) is 5.69 Å². The predicted molar refractivity (Wildman–Crippen MR) is 53.3 cm³/mol. The van der Waals surface area contributed by atoms with Gasteiger partial charge in [0.15, 0.2) is 0 Å². The monoisotopic (exact) mass is 231 g/mol. The standard InChI is InChI=1S/C8H9NO5S/c1-6-3-7(9(10)11)5-8(4-6)14-15(2,12)13/h3-5H,1-2H3. The number of nitro groups is 1. The summed E-state index contributed by atoms with van der Waals surface area (Å²) in [6.45, 7) is 1.61. The molecule has 0 radical (unpaired) electrons. The molecular formula is C8H9NO5S. The Balaban J connectivity index is 3.15. The molecule has 1 rings (SSSR count). The van der Waals surface area contributed by atoms with Gasteiger partial charge in [0.2, 0.25) is 0 Å². The van der Waals surface area contributed by atoms with Crippen LogP contribution in [0.25, 0.3) is 0 Å². The molecule has 0 heterocycles. The van der Waals surface area contributed by atoms with Crippen LogP contribution in [0.4, 0.5) is 5.69 Å². The van der Waals surface area contributed by atoms with E-state index in [9.17, 15) is 18.5 Å². The van der Waals surface area contributed by atoms with Crippen LogP contribution in [-0.2, 0) is 10.1 Å². The van der Waals surface area contributed by atoms with E-state index in [2.05, 4.69) is 4.18 Å². The van der Waals surface area contributed by atoms with Crippen LogP contribution < -0.4 is 4.18 Å². The van der Waals surface area contributed by atoms with Crippen LogP contribution >= 0.6 is 0 Å². The van der Waals surface area contributed by atoms with E-state index in [1.54, 1.807) is 6.92 Å². The Labute approximate surface area is 86.8 Å². The average molecular weight is 231 g/mol. The van der Waals surface area contributed by atoms with E-state index < -0.39 is 15.0 Å². The molecule has 0 saturated carbocycles. The highest BCUT2D eigenvalue weighted by Crippen LogP contribution is 2.23. The average Bonchev–Trinajstić information content (AvgIpc) is 1.99. The SMILES string of the molecule is Cc1cc(OS(C)(=O)=O)cc([N+](=O)[O-])c1. The highest BCUT2D eigenvalue weighted by atomic mass is 32.2. The first-order chi connectivity index (χ1) is 6.78. The fraction of sp³-hybridized carbons (Fsp3) is 0.250. The molecule has 15 heavy (non-hydrogen) atoms. The second-order valence-corrected chi connectivity index (χ2v) is 4.62. The van der Waals surface area contributed by atoms with E-state index >= 15 is 0 Å². The summed E-state index contributed by atoms with van der Waals surface area (Å²) >= 11 is 0. The first kappa shape index (κ1) is 11.4. The zero-order valence-corrected chi connectivity index (χ0v) is 8.95. The molecule has 0 spiro atoms. The number of aryl methyl sites for hydroxylation is 1. The number of nitro benzene ring substituents is 1. The lowest BCUT2D eigenvalue weighted by molar-refractivity contribution is -0.384. The summed E-state index contributed by atoms with van der Waals surface area (Å²) in [6, 6.07) is 3.80. The van der Waals surface area contributed by atoms with E-state index in [1.165, 1.54) is 12.1 Å². The molecule has 0 aliphatic carbocycles. The van der Waals surface area contributed by atoms with Crippen molar-refractivity contribution in [3.05, 3.63) is 33.9 Å². The largest absolute Gasteiger partial charge is 0.382 e. The van der Waals surface area contributed by atoms with Crippen LogP contribution in [0.5, 0.6) is 5.75 Å². The lowest BCUT2D eigenvalue weighted by Crippen LogP contribution is -2.06. The van der Waals surface area contributed by atoms with E-state index in [0.717, 1.165) is 12.3 Å². The normalized spacial score (nSPS) is 11.1. The first-order valence-corrected chi connectivity index (χ1v) is 5.75. The Kier molecular flexibility index (Phi) is 2.94. The van der Waals surface area contributed by atoms with Crippen LogP contribution in [0.2, 0.25) is 0 Å².